The Kier molecular flexibility index (Phi) is 4.69. The molecule has 1 aromatic carbocycles. The molecule has 0 aliphatic rings. The van der Waals surface area contributed by atoms with Gasteiger partial charge in [-0.25, -0.2) is 14.4 Å². The van der Waals surface area contributed by atoms with E-state index in [1.54, 1.807) is 18.5 Å². The number of nitrogens with one attached hydrogen (secondary N) is 3. The Bertz CT molecular complexity index is 847. The first-order valence-corrected chi connectivity index (χ1v) is 7.67. The highest BCUT2D eigenvalue weighted by atomic mass is 19.1. The molecule has 24 heavy (non-hydrogen) atoms. The third-order valence-electron chi connectivity index (χ3n) is 3.66. The average molecular weight is 327 g/mol. The fourth-order valence-electron chi connectivity index (χ4n) is 2.57. The second kappa shape index (κ2) is 7.08. The van der Waals surface area contributed by atoms with Crippen molar-refractivity contribution < 1.29 is 9.18 Å². The number of fused-ring (bicyclic) bond motifs is 1. The van der Waals surface area contributed by atoms with Crippen LogP contribution >= 0.6 is 0 Å². The van der Waals surface area contributed by atoms with Crippen molar-refractivity contribution in [1.29, 1.82) is 0 Å². The van der Waals surface area contributed by atoms with Gasteiger partial charge in [-0.3, -0.25) is 4.79 Å². The predicted molar refractivity (Wildman–Crippen MR) is 90.0 cm³/mol. The summed E-state index contributed by atoms with van der Waals surface area (Å²) in [7, 11) is 0. The Labute approximate surface area is 138 Å². The van der Waals surface area contributed by atoms with Crippen molar-refractivity contribution in [3.8, 4) is 0 Å². The average Bonchev–Trinajstić information content (AvgIpc) is 2.96. The molecule has 0 aliphatic heterocycles. The lowest BCUT2D eigenvalue weighted by Gasteiger charge is -2.08. The normalized spacial score (nSPS) is 10.8. The number of halogens is 1. The van der Waals surface area contributed by atoms with E-state index in [-0.39, 0.29) is 11.7 Å². The number of nitrogens with zero attached hydrogens (tertiary/aromatic N) is 2. The zero-order chi connectivity index (χ0) is 16.9. The van der Waals surface area contributed by atoms with Crippen molar-refractivity contribution in [3.63, 3.8) is 0 Å². The van der Waals surface area contributed by atoms with Crippen molar-refractivity contribution >= 4 is 22.5 Å². The van der Waals surface area contributed by atoms with Gasteiger partial charge in [0.2, 0.25) is 5.91 Å². The zero-order valence-electron chi connectivity index (χ0n) is 13.3. The number of rotatable bonds is 6. The van der Waals surface area contributed by atoms with E-state index in [1.807, 2.05) is 6.20 Å². The Hall–Kier alpha value is -2.96. The number of aromatic amines is 1. The number of amides is 1. The number of carbonyl (C=O) groups is 1. The third-order valence-corrected chi connectivity index (χ3v) is 3.66. The number of benzene rings is 1. The third kappa shape index (κ3) is 3.68. The van der Waals surface area contributed by atoms with E-state index in [1.165, 1.54) is 19.1 Å². The number of hydrogen-bond acceptors (Lipinski definition) is 4. The Morgan fingerprint density at radius 2 is 2.08 bits per heavy atom. The lowest BCUT2D eigenvalue weighted by atomic mass is 10.1. The van der Waals surface area contributed by atoms with Crippen LogP contribution in [0.25, 0.3) is 10.9 Å². The monoisotopic (exact) mass is 327 g/mol. The minimum absolute atomic E-state index is 0.0776. The summed E-state index contributed by atoms with van der Waals surface area (Å²) in [5.41, 5.74) is 2.44. The summed E-state index contributed by atoms with van der Waals surface area (Å²) in [5, 5.41) is 6.71. The van der Waals surface area contributed by atoms with Gasteiger partial charge in [0, 0.05) is 37.4 Å². The molecule has 3 aromatic rings. The number of hydrogen-bond donors (Lipinski definition) is 3. The van der Waals surface area contributed by atoms with Crippen LogP contribution in [0.5, 0.6) is 0 Å². The molecule has 124 valence electrons. The molecule has 2 heterocycles. The Morgan fingerprint density at radius 3 is 2.83 bits per heavy atom. The molecule has 3 N–H and O–H groups in total. The van der Waals surface area contributed by atoms with E-state index < -0.39 is 0 Å². The maximum atomic E-state index is 14.0. The topological polar surface area (TPSA) is 82.7 Å². The van der Waals surface area contributed by atoms with Gasteiger partial charge in [0.15, 0.2) is 0 Å². The van der Waals surface area contributed by atoms with Crippen LogP contribution in [-0.4, -0.2) is 27.4 Å². The first-order chi connectivity index (χ1) is 11.6. The van der Waals surface area contributed by atoms with Crippen LogP contribution in [0.2, 0.25) is 0 Å². The molecule has 0 aliphatic carbocycles. The van der Waals surface area contributed by atoms with Gasteiger partial charge in [0.25, 0.3) is 0 Å². The Morgan fingerprint density at radius 1 is 1.29 bits per heavy atom. The van der Waals surface area contributed by atoms with Crippen molar-refractivity contribution in [2.45, 2.75) is 19.9 Å². The summed E-state index contributed by atoms with van der Waals surface area (Å²) >= 11 is 0. The first-order valence-electron chi connectivity index (χ1n) is 7.67. The summed E-state index contributed by atoms with van der Waals surface area (Å²) in [6, 6.07) is 4.69. The Balaban J connectivity index is 1.80. The summed E-state index contributed by atoms with van der Waals surface area (Å²) in [6.45, 7) is 2.39. The smallest absolute Gasteiger partial charge is 0.216 e. The molecular weight excluding hydrogens is 309 g/mol. The van der Waals surface area contributed by atoms with Gasteiger partial charge in [-0.2, -0.15) is 0 Å². The summed E-state index contributed by atoms with van der Waals surface area (Å²) in [6.07, 6.45) is 5.81. The van der Waals surface area contributed by atoms with Crippen LogP contribution in [0.15, 0.2) is 36.8 Å². The van der Waals surface area contributed by atoms with E-state index in [0.29, 0.717) is 31.0 Å². The second-order valence-corrected chi connectivity index (χ2v) is 5.44. The first kappa shape index (κ1) is 15.9. The van der Waals surface area contributed by atoms with Crippen LogP contribution < -0.4 is 10.6 Å². The summed E-state index contributed by atoms with van der Waals surface area (Å²) < 4.78 is 14.0. The standard InChI is InChI=1S/C17H18FN5O/c1-11(24)19-6-3-12-9-23-17-14(12)7-13(18)8-15(17)22-10-16-20-4-2-5-21-16/h2,4-5,7-9,22-23H,3,6,10H2,1H3,(H,19,24). The zero-order valence-corrected chi connectivity index (χ0v) is 13.3. The molecule has 7 heteroatoms. The summed E-state index contributed by atoms with van der Waals surface area (Å²) in [5.74, 6) is 0.234. The largest absolute Gasteiger partial charge is 0.376 e. The minimum Gasteiger partial charge on any atom is -0.376 e. The van der Waals surface area contributed by atoms with Gasteiger partial charge in [-0.05, 0) is 30.2 Å². The number of H-pyrrole nitrogens is 1. The number of carbonyl (C=O) groups excluding carboxylic acids is 1. The lowest BCUT2D eigenvalue weighted by Crippen LogP contribution is -2.22. The highest BCUT2D eigenvalue weighted by Gasteiger charge is 2.10. The molecule has 0 saturated heterocycles. The predicted octanol–water partition coefficient (Wildman–Crippen LogP) is 2.39. The molecule has 0 spiro atoms. The van der Waals surface area contributed by atoms with Crippen LogP contribution in [0.1, 0.15) is 18.3 Å². The van der Waals surface area contributed by atoms with Crippen LogP contribution in [0.3, 0.4) is 0 Å². The SMILES string of the molecule is CC(=O)NCCc1c[nH]c2c(NCc3ncccn3)cc(F)cc12. The molecular formula is C17H18FN5O. The van der Waals surface area contributed by atoms with E-state index in [0.717, 1.165) is 16.5 Å². The maximum Gasteiger partial charge on any atom is 0.216 e. The fourth-order valence-corrected chi connectivity index (χ4v) is 2.57. The van der Waals surface area contributed by atoms with Crippen molar-refractivity contribution in [1.82, 2.24) is 20.3 Å². The molecule has 0 bridgehead atoms. The highest BCUT2D eigenvalue weighted by Crippen LogP contribution is 2.27. The minimum atomic E-state index is -0.320. The fraction of sp³-hybridized carbons (Fsp3) is 0.235. The quantitative estimate of drug-likeness (QED) is 0.649. The molecule has 2 aromatic heterocycles. The molecule has 0 saturated carbocycles. The van der Waals surface area contributed by atoms with Gasteiger partial charge in [-0.15, -0.1) is 0 Å². The van der Waals surface area contributed by atoms with E-state index >= 15 is 0 Å². The van der Waals surface area contributed by atoms with Gasteiger partial charge < -0.3 is 15.6 Å². The molecule has 0 fully saturated rings. The van der Waals surface area contributed by atoms with Gasteiger partial charge in [0.05, 0.1) is 17.7 Å². The van der Waals surface area contributed by atoms with Crippen molar-refractivity contribution in [3.05, 3.63) is 54.0 Å². The van der Waals surface area contributed by atoms with E-state index in [9.17, 15) is 9.18 Å². The van der Waals surface area contributed by atoms with Crippen molar-refractivity contribution in [2.75, 3.05) is 11.9 Å². The van der Waals surface area contributed by atoms with Crippen LogP contribution in [0, 0.1) is 5.82 Å². The van der Waals surface area contributed by atoms with Crippen molar-refractivity contribution in [2.24, 2.45) is 0 Å². The molecule has 0 atom stereocenters. The molecule has 0 radical (unpaired) electrons. The van der Waals surface area contributed by atoms with Gasteiger partial charge in [0.1, 0.15) is 11.6 Å². The number of aromatic nitrogens is 3. The molecule has 0 unspecified atom stereocenters. The van der Waals surface area contributed by atoms with Crippen LogP contribution in [0.4, 0.5) is 10.1 Å². The molecule has 3 rings (SSSR count). The highest BCUT2D eigenvalue weighted by molar-refractivity contribution is 5.93. The lowest BCUT2D eigenvalue weighted by molar-refractivity contribution is -0.118. The van der Waals surface area contributed by atoms with Gasteiger partial charge >= 0.3 is 0 Å². The molecule has 6 nitrogen and oxygen atoms in total. The summed E-state index contributed by atoms with van der Waals surface area (Å²) in [4.78, 5) is 22.4. The second-order valence-electron chi connectivity index (χ2n) is 5.44. The van der Waals surface area contributed by atoms with Gasteiger partial charge in [-0.1, -0.05) is 0 Å². The van der Waals surface area contributed by atoms with E-state index in [2.05, 4.69) is 25.6 Å². The van der Waals surface area contributed by atoms with E-state index in [4.69, 9.17) is 0 Å². The number of anilines is 1. The van der Waals surface area contributed by atoms with Crippen LogP contribution in [-0.2, 0) is 17.8 Å². The molecule has 1 amide bonds. The maximum absolute atomic E-state index is 14.0.